The molecule has 0 aromatic heterocycles. The lowest BCUT2D eigenvalue weighted by atomic mass is 9.81. The van der Waals surface area contributed by atoms with Crippen LogP contribution in [0.5, 0.6) is 0 Å². The molecular formula is C11H20N2S. The summed E-state index contributed by atoms with van der Waals surface area (Å²) >= 11 is 1.95. The number of rotatable bonds is 3. The SMILES string of the molecule is CCCC1CN=C(NC2CCC2C)S1. The summed E-state index contributed by atoms with van der Waals surface area (Å²) in [6.45, 7) is 5.60. The zero-order valence-corrected chi connectivity index (χ0v) is 9.94. The van der Waals surface area contributed by atoms with E-state index in [1.165, 1.54) is 30.9 Å². The fraction of sp³-hybridized carbons (Fsp3) is 0.909. The minimum Gasteiger partial charge on any atom is -0.362 e. The molecule has 1 saturated carbocycles. The molecule has 0 radical (unpaired) electrons. The molecule has 0 saturated heterocycles. The highest BCUT2D eigenvalue weighted by Gasteiger charge is 2.29. The van der Waals surface area contributed by atoms with E-state index >= 15 is 0 Å². The van der Waals surface area contributed by atoms with E-state index in [2.05, 4.69) is 24.2 Å². The van der Waals surface area contributed by atoms with E-state index in [0.29, 0.717) is 6.04 Å². The van der Waals surface area contributed by atoms with Gasteiger partial charge in [-0.15, -0.1) is 0 Å². The second kappa shape index (κ2) is 4.56. The third-order valence-corrected chi connectivity index (χ3v) is 4.44. The van der Waals surface area contributed by atoms with Crippen molar-refractivity contribution in [3.8, 4) is 0 Å². The van der Waals surface area contributed by atoms with Gasteiger partial charge >= 0.3 is 0 Å². The van der Waals surface area contributed by atoms with Crippen LogP contribution in [0, 0.1) is 5.92 Å². The van der Waals surface area contributed by atoms with Crippen LogP contribution in [0.1, 0.15) is 39.5 Å². The number of hydrogen-bond acceptors (Lipinski definition) is 3. The minimum atomic E-state index is 0.710. The highest BCUT2D eigenvalue weighted by molar-refractivity contribution is 8.14. The Labute approximate surface area is 90.9 Å². The molecule has 0 aromatic carbocycles. The summed E-state index contributed by atoms with van der Waals surface area (Å²) in [6, 6.07) is 0.710. The van der Waals surface area contributed by atoms with Crippen molar-refractivity contribution in [3.05, 3.63) is 0 Å². The van der Waals surface area contributed by atoms with Crippen molar-refractivity contribution in [2.75, 3.05) is 6.54 Å². The number of amidine groups is 1. The minimum absolute atomic E-state index is 0.710. The molecule has 0 aromatic rings. The first kappa shape index (κ1) is 10.3. The molecule has 3 atom stereocenters. The molecule has 2 nitrogen and oxygen atoms in total. The highest BCUT2D eigenvalue weighted by Crippen LogP contribution is 2.29. The number of thioether (sulfide) groups is 1. The zero-order chi connectivity index (χ0) is 9.97. The van der Waals surface area contributed by atoms with Crippen LogP contribution in [0.3, 0.4) is 0 Å². The maximum Gasteiger partial charge on any atom is 0.157 e. The fourth-order valence-electron chi connectivity index (χ4n) is 2.01. The first-order valence-electron chi connectivity index (χ1n) is 5.77. The van der Waals surface area contributed by atoms with Gasteiger partial charge in [-0.05, 0) is 25.2 Å². The Hall–Kier alpha value is -0.180. The third kappa shape index (κ3) is 2.25. The van der Waals surface area contributed by atoms with Gasteiger partial charge in [-0.1, -0.05) is 32.0 Å². The van der Waals surface area contributed by atoms with E-state index < -0.39 is 0 Å². The summed E-state index contributed by atoms with van der Waals surface area (Å²) in [5, 5.41) is 5.52. The van der Waals surface area contributed by atoms with E-state index in [1.807, 2.05) is 11.8 Å². The molecule has 0 amide bonds. The van der Waals surface area contributed by atoms with Gasteiger partial charge in [0.15, 0.2) is 5.17 Å². The van der Waals surface area contributed by atoms with Gasteiger partial charge in [0.05, 0.1) is 6.54 Å². The molecule has 0 spiro atoms. The average molecular weight is 212 g/mol. The van der Waals surface area contributed by atoms with Crippen molar-refractivity contribution >= 4 is 16.9 Å². The predicted molar refractivity (Wildman–Crippen MR) is 63.9 cm³/mol. The van der Waals surface area contributed by atoms with Crippen LogP contribution in [0.4, 0.5) is 0 Å². The number of nitrogens with one attached hydrogen (secondary N) is 1. The van der Waals surface area contributed by atoms with Gasteiger partial charge in [-0.2, -0.15) is 0 Å². The summed E-state index contributed by atoms with van der Waals surface area (Å²) in [5.74, 6) is 0.850. The van der Waals surface area contributed by atoms with E-state index in [-0.39, 0.29) is 0 Å². The first-order chi connectivity index (χ1) is 6.79. The lowest BCUT2D eigenvalue weighted by Crippen LogP contribution is -2.44. The molecular weight excluding hydrogens is 192 g/mol. The Bertz CT molecular complexity index is 227. The van der Waals surface area contributed by atoms with Crippen molar-refractivity contribution in [3.63, 3.8) is 0 Å². The molecule has 80 valence electrons. The Morgan fingerprint density at radius 3 is 2.93 bits per heavy atom. The van der Waals surface area contributed by atoms with Crippen LogP contribution >= 0.6 is 11.8 Å². The summed E-state index contributed by atoms with van der Waals surface area (Å²) in [7, 11) is 0. The fourth-order valence-corrected chi connectivity index (χ4v) is 3.20. The van der Waals surface area contributed by atoms with Crippen LogP contribution in [-0.2, 0) is 0 Å². The quantitative estimate of drug-likeness (QED) is 0.778. The van der Waals surface area contributed by atoms with Gasteiger partial charge in [0.25, 0.3) is 0 Å². The second-order valence-electron chi connectivity index (χ2n) is 4.48. The van der Waals surface area contributed by atoms with E-state index in [0.717, 1.165) is 17.7 Å². The number of hydrogen-bond donors (Lipinski definition) is 1. The predicted octanol–water partition coefficient (Wildman–Crippen LogP) is 2.65. The average Bonchev–Trinajstić information content (AvgIpc) is 2.61. The molecule has 1 aliphatic heterocycles. The summed E-state index contributed by atoms with van der Waals surface area (Å²) in [6.07, 6.45) is 5.30. The Balaban J connectivity index is 1.72. The molecule has 14 heavy (non-hydrogen) atoms. The number of aliphatic imine (C=N–C) groups is 1. The molecule has 2 aliphatic rings. The molecule has 1 N–H and O–H groups in total. The van der Waals surface area contributed by atoms with Crippen molar-refractivity contribution in [2.45, 2.75) is 50.8 Å². The van der Waals surface area contributed by atoms with E-state index in [1.54, 1.807) is 0 Å². The van der Waals surface area contributed by atoms with Gasteiger partial charge in [0.1, 0.15) is 0 Å². The second-order valence-corrected chi connectivity index (χ2v) is 5.77. The highest BCUT2D eigenvalue weighted by atomic mass is 32.2. The van der Waals surface area contributed by atoms with E-state index in [9.17, 15) is 0 Å². The largest absolute Gasteiger partial charge is 0.362 e. The maximum absolute atomic E-state index is 4.56. The van der Waals surface area contributed by atoms with Crippen LogP contribution in [0.2, 0.25) is 0 Å². The molecule has 3 unspecified atom stereocenters. The van der Waals surface area contributed by atoms with Gasteiger partial charge in [0.2, 0.25) is 0 Å². The standard InChI is InChI=1S/C11H20N2S/c1-3-4-9-7-12-11(14-9)13-10-6-5-8(10)2/h8-10H,3-7H2,1-2H3,(H,12,13). The van der Waals surface area contributed by atoms with Gasteiger partial charge < -0.3 is 5.32 Å². The van der Waals surface area contributed by atoms with Gasteiger partial charge in [0, 0.05) is 11.3 Å². The van der Waals surface area contributed by atoms with Crippen LogP contribution < -0.4 is 5.32 Å². The lowest BCUT2D eigenvalue weighted by molar-refractivity contribution is 0.259. The lowest BCUT2D eigenvalue weighted by Gasteiger charge is -2.34. The third-order valence-electron chi connectivity index (χ3n) is 3.26. The summed E-state index contributed by atoms with van der Waals surface area (Å²) < 4.78 is 0. The molecule has 1 fully saturated rings. The van der Waals surface area contributed by atoms with Crippen molar-refractivity contribution in [1.29, 1.82) is 0 Å². The van der Waals surface area contributed by atoms with Crippen molar-refractivity contribution < 1.29 is 0 Å². The number of nitrogens with zero attached hydrogens (tertiary/aromatic N) is 1. The zero-order valence-electron chi connectivity index (χ0n) is 9.12. The van der Waals surface area contributed by atoms with Gasteiger partial charge in [-0.3, -0.25) is 4.99 Å². The van der Waals surface area contributed by atoms with Crippen molar-refractivity contribution in [1.82, 2.24) is 5.32 Å². The summed E-state index contributed by atoms with van der Waals surface area (Å²) in [4.78, 5) is 4.56. The van der Waals surface area contributed by atoms with Crippen LogP contribution in [0.15, 0.2) is 4.99 Å². The Morgan fingerprint density at radius 2 is 2.36 bits per heavy atom. The maximum atomic E-state index is 4.56. The Morgan fingerprint density at radius 1 is 1.50 bits per heavy atom. The van der Waals surface area contributed by atoms with Crippen molar-refractivity contribution in [2.24, 2.45) is 10.9 Å². The topological polar surface area (TPSA) is 24.4 Å². The Kier molecular flexibility index (Phi) is 3.37. The normalized spacial score (nSPS) is 36.4. The molecule has 2 rings (SSSR count). The summed E-state index contributed by atoms with van der Waals surface area (Å²) in [5.41, 5.74) is 0. The first-order valence-corrected chi connectivity index (χ1v) is 6.65. The smallest absolute Gasteiger partial charge is 0.157 e. The molecule has 0 bridgehead atoms. The molecule has 3 heteroatoms. The van der Waals surface area contributed by atoms with Crippen LogP contribution in [0.25, 0.3) is 0 Å². The molecule has 1 aliphatic carbocycles. The monoisotopic (exact) mass is 212 g/mol. The molecule has 1 heterocycles. The van der Waals surface area contributed by atoms with Gasteiger partial charge in [-0.25, -0.2) is 0 Å². The van der Waals surface area contributed by atoms with E-state index in [4.69, 9.17) is 0 Å². The van der Waals surface area contributed by atoms with Crippen LogP contribution in [-0.4, -0.2) is 23.0 Å².